The molecule has 2 aromatic rings. The summed E-state index contributed by atoms with van der Waals surface area (Å²) < 4.78 is 28.1. The van der Waals surface area contributed by atoms with Crippen molar-refractivity contribution in [2.45, 2.75) is 42.4 Å². The van der Waals surface area contributed by atoms with Gasteiger partial charge in [-0.2, -0.15) is 4.31 Å². The Balaban J connectivity index is 1.37. The molecule has 1 aliphatic carbocycles. The summed E-state index contributed by atoms with van der Waals surface area (Å²) in [5.74, 6) is -0.0757. The van der Waals surface area contributed by atoms with Crippen LogP contribution < -0.4 is 5.32 Å². The van der Waals surface area contributed by atoms with Gasteiger partial charge in [0.05, 0.1) is 9.83 Å². The number of hydrogen-bond acceptors (Lipinski definition) is 4. The second kappa shape index (κ2) is 8.26. The summed E-state index contributed by atoms with van der Waals surface area (Å²) in [7, 11) is -3.47. The topological polar surface area (TPSA) is 66.5 Å². The van der Waals surface area contributed by atoms with Crippen LogP contribution in [0, 0.1) is 5.92 Å². The van der Waals surface area contributed by atoms with E-state index in [0.717, 1.165) is 23.0 Å². The Hall–Kier alpha value is -1.22. The van der Waals surface area contributed by atoms with Gasteiger partial charge in [0.15, 0.2) is 0 Å². The third-order valence-electron chi connectivity index (χ3n) is 5.65. The molecule has 0 saturated carbocycles. The fourth-order valence-electron chi connectivity index (χ4n) is 4.12. The monoisotopic (exact) mass is 482 g/mol. The van der Waals surface area contributed by atoms with Crippen LogP contribution in [-0.4, -0.2) is 31.7 Å². The maximum atomic E-state index is 12.8. The summed E-state index contributed by atoms with van der Waals surface area (Å²) in [4.78, 5) is 12.8. The van der Waals surface area contributed by atoms with Crippen LogP contribution >= 0.6 is 27.3 Å². The van der Waals surface area contributed by atoms with E-state index in [9.17, 15) is 13.2 Å². The molecule has 1 aliphatic heterocycles. The lowest BCUT2D eigenvalue weighted by Crippen LogP contribution is -2.43. The molecular weight excluding hydrogens is 460 g/mol. The van der Waals surface area contributed by atoms with Crippen molar-refractivity contribution >= 4 is 43.2 Å². The number of amides is 1. The number of hydrogen-bond donors (Lipinski definition) is 1. The van der Waals surface area contributed by atoms with E-state index in [1.807, 2.05) is 12.1 Å². The van der Waals surface area contributed by atoms with Crippen molar-refractivity contribution in [3.05, 3.63) is 51.3 Å². The first-order valence-electron chi connectivity index (χ1n) is 9.59. The largest absolute Gasteiger partial charge is 0.349 e. The normalized spacial score (nSPS) is 21.2. The van der Waals surface area contributed by atoms with Crippen molar-refractivity contribution in [2.75, 3.05) is 13.1 Å². The van der Waals surface area contributed by atoms with E-state index in [4.69, 9.17) is 0 Å². The third kappa shape index (κ3) is 4.06. The van der Waals surface area contributed by atoms with Gasteiger partial charge >= 0.3 is 0 Å². The van der Waals surface area contributed by atoms with E-state index in [1.54, 1.807) is 12.1 Å². The smallest absolute Gasteiger partial charge is 0.252 e. The van der Waals surface area contributed by atoms with E-state index >= 15 is 0 Å². The molecule has 150 valence electrons. The molecule has 1 N–H and O–H groups in total. The van der Waals surface area contributed by atoms with E-state index in [-0.39, 0.29) is 17.9 Å². The maximum absolute atomic E-state index is 12.8. The van der Waals surface area contributed by atoms with E-state index in [2.05, 4.69) is 33.4 Å². The number of piperidine rings is 1. The Bertz CT molecular complexity index is 965. The second-order valence-electron chi connectivity index (χ2n) is 7.39. The molecule has 2 aliphatic rings. The van der Waals surface area contributed by atoms with Crippen LogP contribution in [0.3, 0.4) is 0 Å². The van der Waals surface area contributed by atoms with Gasteiger partial charge in [-0.25, -0.2) is 8.42 Å². The molecule has 1 saturated heterocycles. The maximum Gasteiger partial charge on any atom is 0.252 e. The summed E-state index contributed by atoms with van der Waals surface area (Å²) in [6.45, 7) is 0.772. The first-order valence-corrected chi connectivity index (χ1v) is 12.6. The van der Waals surface area contributed by atoms with Crippen molar-refractivity contribution < 1.29 is 13.2 Å². The van der Waals surface area contributed by atoms with Gasteiger partial charge in [0.1, 0.15) is 4.21 Å². The zero-order valence-corrected chi connectivity index (χ0v) is 18.7. The standard InChI is InChI=1S/C20H23BrN2O3S2/c21-18-8-9-19(27-18)28(25,26)23-12-10-15(11-13-23)20(24)22-17-7-3-5-14-4-1-2-6-16(14)17/h1-2,4,6,8-9,15,17H,3,5,7,10-13H2,(H,22,24). The van der Waals surface area contributed by atoms with Crippen LogP contribution in [0.15, 0.2) is 44.4 Å². The number of carbonyl (C=O) groups excluding carboxylic acids is 1. The number of nitrogens with one attached hydrogen (secondary N) is 1. The lowest BCUT2D eigenvalue weighted by molar-refractivity contribution is -0.127. The minimum Gasteiger partial charge on any atom is -0.349 e. The van der Waals surface area contributed by atoms with Crippen molar-refractivity contribution in [2.24, 2.45) is 5.92 Å². The lowest BCUT2D eigenvalue weighted by Gasteiger charge is -2.32. The van der Waals surface area contributed by atoms with Crippen LogP contribution in [0.4, 0.5) is 0 Å². The average Bonchev–Trinajstić information content (AvgIpc) is 3.15. The van der Waals surface area contributed by atoms with Crippen molar-refractivity contribution in [1.29, 1.82) is 0 Å². The second-order valence-corrected chi connectivity index (χ2v) is 12.0. The number of carbonyl (C=O) groups is 1. The SMILES string of the molecule is O=C(NC1CCCc2ccccc21)C1CCN(S(=O)(=O)c2ccc(Br)s2)CC1. The lowest BCUT2D eigenvalue weighted by atomic mass is 9.87. The van der Waals surface area contributed by atoms with E-state index < -0.39 is 10.0 Å². The zero-order chi connectivity index (χ0) is 19.7. The highest BCUT2D eigenvalue weighted by Gasteiger charge is 2.34. The molecule has 28 heavy (non-hydrogen) atoms. The predicted octanol–water partition coefficient (Wildman–Crippen LogP) is 4.11. The van der Waals surface area contributed by atoms with Crippen molar-refractivity contribution in [1.82, 2.24) is 9.62 Å². The number of nitrogens with zero attached hydrogens (tertiary/aromatic N) is 1. The minimum atomic E-state index is -3.47. The Morgan fingerprint density at radius 2 is 1.86 bits per heavy atom. The molecule has 1 atom stereocenters. The number of thiophene rings is 1. The Morgan fingerprint density at radius 3 is 2.57 bits per heavy atom. The molecule has 0 spiro atoms. The Kier molecular flexibility index (Phi) is 5.92. The fraction of sp³-hybridized carbons (Fsp3) is 0.450. The van der Waals surface area contributed by atoms with Gasteiger partial charge in [0.2, 0.25) is 5.91 Å². The number of rotatable bonds is 4. The molecule has 1 amide bonds. The summed E-state index contributed by atoms with van der Waals surface area (Å²) >= 11 is 4.54. The molecule has 0 bridgehead atoms. The highest BCUT2D eigenvalue weighted by molar-refractivity contribution is 9.11. The Labute approximate surface area is 178 Å². The van der Waals surface area contributed by atoms with Gasteiger partial charge in [0, 0.05) is 19.0 Å². The summed E-state index contributed by atoms with van der Waals surface area (Å²) in [5, 5.41) is 3.22. The molecular formula is C20H23BrN2O3S2. The number of sulfonamides is 1. The molecule has 0 radical (unpaired) electrons. The van der Waals surface area contributed by atoms with Gasteiger partial charge < -0.3 is 5.32 Å². The van der Waals surface area contributed by atoms with Crippen LogP contribution in [0.5, 0.6) is 0 Å². The first kappa shape index (κ1) is 20.1. The number of aryl methyl sites for hydroxylation is 1. The van der Waals surface area contributed by atoms with E-state index in [0.29, 0.717) is 30.1 Å². The molecule has 8 heteroatoms. The van der Waals surface area contributed by atoms with Gasteiger partial charge in [-0.3, -0.25) is 4.79 Å². The molecule has 1 aromatic carbocycles. The van der Waals surface area contributed by atoms with Crippen LogP contribution in [-0.2, 0) is 21.2 Å². The highest BCUT2D eigenvalue weighted by Crippen LogP contribution is 2.32. The molecule has 5 nitrogen and oxygen atoms in total. The van der Waals surface area contributed by atoms with Crippen LogP contribution in [0.1, 0.15) is 42.9 Å². The predicted molar refractivity (Wildman–Crippen MR) is 114 cm³/mol. The average molecular weight is 483 g/mol. The molecule has 4 rings (SSSR count). The van der Waals surface area contributed by atoms with Crippen LogP contribution in [0.25, 0.3) is 0 Å². The Morgan fingerprint density at radius 1 is 1.11 bits per heavy atom. The molecule has 1 aromatic heterocycles. The number of fused-ring (bicyclic) bond motifs is 1. The quantitative estimate of drug-likeness (QED) is 0.712. The van der Waals surface area contributed by atoms with Crippen molar-refractivity contribution in [3.63, 3.8) is 0 Å². The highest BCUT2D eigenvalue weighted by atomic mass is 79.9. The summed E-state index contributed by atoms with van der Waals surface area (Å²) in [6, 6.07) is 11.8. The van der Waals surface area contributed by atoms with Gasteiger partial charge in [-0.1, -0.05) is 24.3 Å². The first-order chi connectivity index (χ1) is 13.4. The molecule has 2 heterocycles. The minimum absolute atomic E-state index is 0.0534. The molecule has 1 fully saturated rings. The fourth-order valence-corrected chi connectivity index (χ4v) is 7.75. The summed E-state index contributed by atoms with van der Waals surface area (Å²) in [6.07, 6.45) is 4.23. The van der Waals surface area contributed by atoms with Crippen LogP contribution in [0.2, 0.25) is 0 Å². The molecule has 1 unspecified atom stereocenters. The van der Waals surface area contributed by atoms with Gasteiger partial charge in [-0.15, -0.1) is 11.3 Å². The number of halogens is 1. The number of benzene rings is 1. The third-order valence-corrected chi connectivity index (χ3v) is 9.64. The van der Waals surface area contributed by atoms with Gasteiger partial charge in [-0.05, 0) is 71.3 Å². The van der Waals surface area contributed by atoms with E-state index in [1.165, 1.54) is 26.8 Å². The van der Waals surface area contributed by atoms with Crippen molar-refractivity contribution in [3.8, 4) is 0 Å². The summed E-state index contributed by atoms with van der Waals surface area (Å²) in [5.41, 5.74) is 2.55. The zero-order valence-electron chi connectivity index (χ0n) is 15.4. The van der Waals surface area contributed by atoms with Gasteiger partial charge in [0.25, 0.3) is 10.0 Å².